The van der Waals surface area contributed by atoms with E-state index in [1.54, 1.807) is 0 Å². The Bertz CT molecular complexity index is 729. The standard InChI is InChI=1S/C22H31N3OS/c1-4-23-22(25-16-19(3)21-12-10-18(2)11-13-21)24-14-15-27(26)17-20-8-6-5-7-9-20/h5-13,19H,4,14-17H2,1-3H3,(H2,23,24,25). The molecule has 0 spiro atoms. The number of nitrogens with zero attached hydrogens (tertiary/aromatic N) is 1. The predicted octanol–water partition coefficient (Wildman–Crippen LogP) is 3.60. The predicted molar refractivity (Wildman–Crippen MR) is 117 cm³/mol. The van der Waals surface area contributed by atoms with E-state index in [9.17, 15) is 4.21 Å². The molecule has 0 saturated heterocycles. The van der Waals surface area contributed by atoms with Gasteiger partial charge in [-0.1, -0.05) is 67.1 Å². The minimum absolute atomic E-state index is 0.355. The molecule has 0 fully saturated rings. The highest BCUT2D eigenvalue weighted by molar-refractivity contribution is 7.84. The summed E-state index contributed by atoms with van der Waals surface area (Å²) in [7, 11) is -0.881. The lowest BCUT2D eigenvalue weighted by atomic mass is 10.0. The Morgan fingerprint density at radius 1 is 1.07 bits per heavy atom. The Hall–Kier alpha value is -2.14. The second-order valence-electron chi connectivity index (χ2n) is 6.73. The molecule has 0 aliphatic rings. The highest BCUT2D eigenvalue weighted by Crippen LogP contribution is 2.15. The van der Waals surface area contributed by atoms with E-state index in [0.717, 1.165) is 18.1 Å². The van der Waals surface area contributed by atoms with Crippen LogP contribution in [0, 0.1) is 6.92 Å². The molecule has 0 radical (unpaired) electrons. The summed E-state index contributed by atoms with van der Waals surface area (Å²) in [6.45, 7) is 8.50. The zero-order chi connectivity index (χ0) is 19.5. The summed E-state index contributed by atoms with van der Waals surface area (Å²) in [4.78, 5) is 4.69. The van der Waals surface area contributed by atoms with Crippen molar-refractivity contribution in [2.45, 2.75) is 32.4 Å². The maximum atomic E-state index is 12.2. The minimum Gasteiger partial charge on any atom is -0.357 e. The first-order valence-corrected chi connectivity index (χ1v) is 11.0. The summed E-state index contributed by atoms with van der Waals surface area (Å²) >= 11 is 0. The number of guanidine groups is 1. The van der Waals surface area contributed by atoms with Crippen molar-refractivity contribution in [1.29, 1.82) is 0 Å². The van der Waals surface area contributed by atoms with Crippen molar-refractivity contribution < 1.29 is 4.21 Å². The first kappa shape index (κ1) is 21.2. The normalized spacial score (nSPS) is 13.8. The molecule has 0 bridgehead atoms. The SMILES string of the molecule is CCNC(=NCC(C)c1ccc(C)cc1)NCCS(=O)Cc1ccccc1. The Morgan fingerprint density at radius 2 is 1.78 bits per heavy atom. The van der Waals surface area contributed by atoms with E-state index < -0.39 is 10.8 Å². The highest BCUT2D eigenvalue weighted by atomic mass is 32.2. The average molecular weight is 386 g/mol. The highest BCUT2D eigenvalue weighted by Gasteiger charge is 2.06. The van der Waals surface area contributed by atoms with Gasteiger partial charge in [0.05, 0.1) is 0 Å². The van der Waals surface area contributed by atoms with Gasteiger partial charge in [0.15, 0.2) is 5.96 Å². The molecule has 0 amide bonds. The van der Waals surface area contributed by atoms with Gasteiger partial charge in [-0.3, -0.25) is 9.20 Å². The molecule has 0 saturated carbocycles. The molecule has 2 rings (SSSR count). The quantitative estimate of drug-likeness (QED) is 0.512. The molecule has 0 aliphatic heterocycles. The van der Waals surface area contributed by atoms with Gasteiger partial charge in [0.1, 0.15) is 0 Å². The van der Waals surface area contributed by atoms with Crippen molar-refractivity contribution in [3.8, 4) is 0 Å². The molecule has 2 aromatic rings. The first-order valence-electron chi connectivity index (χ1n) is 9.56. The van der Waals surface area contributed by atoms with Gasteiger partial charge >= 0.3 is 0 Å². The van der Waals surface area contributed by atoms with E-state index in [2.05, 4.69) is 53.7 Å². The van der Waals surface area contributed by atoms with Crippen LogP contribution in [0.4, 0.5) is 0 Å². The van der Waals surface area contributed by atoms with Crippen LogP contribution in [0.2, 0.25) is 0 Å². The van der Waals surface area contributed by atoms with Crippen LogP contribution in [0.25, 0.3) is 0 Å². The van der Waals surface area contributed by atoms with Gasteiger partial charge in [0.25, 0.3) is 0 Å². The molecular weight excluding hydrogens is 354 g/mol. The van der Waals surface area contributed by atoms with Crippen LogP contribution >= 0.6 is 0 Å². The zero-order valence-corrected chi connectivity index (χ0v) is 17.4. The summed E-state index contributed by atoms with van der Waals surface area (Å²) in [5, 5.41) is 6.56. The summed E-state index contributed by atoms with van der Waals surface area (Å²) in [5.41, 5.74) is 3.68. The number of aliphatic imine (C=N–C) groups is 1. The van der Waals surface area contributed by atoms with Crippen LogP contribution in [0.5, 0.6) is 0 Å². The van der Waals surface area contributed by atoms with Crippen molar-refractivity contribution in [2.24, 2.45) is 4.99 Å². The third kappa shape index (κ3) is 7.95. The third-order valence-corrected chi connectivity index (χ3v) is 5.62. The Morgan fingerprint density at radius 3 is 2.44 bits per heavy atom. The molecule has 5 heteroatoms. The van der Waals surface area contributed by atoms with Crippen molar-refractivity contribution in [2.75, 3.05) is 25.4 Å². The Kier molecular flexibility index (Phi) is 9.05. The molecule has 2 N–H and O–H groups in total. The van der Waals surface area contributed by atoms with Crippen LogP contribution in [-0.2, 0) is 16.6 Å². The summed E-state index contributed by atoms with van der Waals surface area (Å²) in [6.07, 6.45) is 0. The zero-order valence-electron chi connectivity index (χ0n) is 16.6. The second-order valence-corrected chi connectivity index (χ2v) is 8.31. The fourth-order valence-electron chi connectivity index (χ4n) is 2.69. The molecular formula is C22H31N3OS. The van der Waals surface area contributed by atoms with Crippen LogP contribution in [0.3, 0.4) is 0 Å². The smallest absolute Gasteiger partial charge is 0.191 e. The van der Waals surface area contributed by atoms with Gasteiger partial charge < -0.3 is 10.6 Å². The maximum Gasteiger partial charge on any atom is 0.191 e. The fraction of sp³-hybridized carbons (Fsp3) is 0.409. The maximum absolute atomic E-state index is 12.2. The molecule has 2 atom stereocenters. The van der Waals surface area contributed by atoms with Crippen LogP contribution < -0.4 is 10.6 Å². The van der Waals surface area contributed by atoms with Crippen LogP contribution in [0.1, 0.15) is 36.5 Å². The molecule has 2 aromatic carbocycles. The van der Waals surface area contributed by atoms with E-state index in [1.807, 2.05) is 37.3 Å². The average Bonchev–Trinajstić information content (AvgIpc) is 2.67. The molecule has 0 heterocycles. The Balaban J connectivity index is 1.80. The first-order chi connectivity index (χ1) is 13.1. The second kappa shape index (κ2) is 11.5. The lowest BCUT2D eigenvalue weighted by Crippen LogP contribution is -2.39. The number of rotatable bonds is 9. The molecule has 0 aliphatic carbocycles. The van der Waals surface area contributed by atoms with E-state index in [-0.39, 0.29) is 0 Å². The summed E-state index contributed by atoms with van der Waals surface area (Å²) in [6, 6.07) is 18.6. The molecule has 27 heavy (non-hydrogen) atoms. The van der Waals surface area contributed by atoms with E-state index in [0.29, 0.717) is 30.5 Å². The molecule has 2 unspecified atom stereocenters. The van der Waals surface area contributed by atoms with E-state index in [1.165, 1.54) is 11.1 Å². The van der Waals surface area contributed by atoms with E-state index >= 15 is 0 Å². The number of hydrogen-bond acceptors (Lipinski definition) is 2. The van der Waals surface area contributed by atoms with Crippen LogP contribution in [-0.4, -0.2) is 35.6 Å². The van der Waals surface area contributed by atoms with Gasteiger partial charge in [-0.2, -0.15) is 0 Å². The van der Waals surface area contributed by atoms with Gasteiger partial charge in [0, 0.05) is 47.9 Å². The summed E-state index contributed by atoms with van der Waals surface area (Å²) < 4.78 is 12.2. The number of nitrogens with one attached hydrogen (secondary N) is 2. The topological polar surface area (TPSA) is 53.5 Å². The van der Waals surface area contributed by atoms with Crippen molar-refractivity contribution in [3.05, 3.63) is 71.3 Å². The monoisotopic (exact) mass is 385 g/mol. The largest absolute Gasteiger partial charge is 0.357 e. The number of hydrogen-bond donors (Lipinski definition) is 2. The van der Waals surface area contributed by atoms with Gasteiger partial charge in [-0.05, 0) is 25.0 Å². The lowest BCUT2D eigenvalue weighted by molar-refractivity contribution is 0.680. The van der Waals surface area contributed by atoms with Crippen molar-refractivity contribution in [3.63, 3.8) is 0 Å². The number of benzene rings is 2. The summed E-state index contributed by atoms with van der Waals surface area (Å²) in [5.74, 6) is 2.34. The van der Waals surface area contributed by atoms with E-state index in [4.69, 9.17) is 0 Å². The number of aryl methyl sites for hydroxylation is 1. The van der Waals surface area contributed by atoms with Crippen molar-refractivity contribution >= 4 is 16.8 Å². The molecule has 146 valence electrons. The third-order valence-electron chi connectivity index (χ3n) is 4.31. The lowest BCUT2D eigenvalue weighted by Gasteiger charge is -2.14. The Labute approximate surface area is 166 Å². The van der Waals surface area contributed by atoms with Gasteiger partial charge in [-0.25, -0.2) is 0 Å². The fourth-order valence-corrected chi connectivity index (χ4v) is 3.72. The minimum atomic E-state index is -0.881. The molecule has 4 nitrogen and oxygen atoms in total. The van der Waals surface area contributed by atoms with Gasteiger partial charge in [0.2, 0.25) is 0 Å². The molecule has 0 aromatic heterocycles. The van der Waals surface area contributed by atoms with Crippen LogP contribution in [0.15, 0.2) is 59.6 Å². The van der Waals surface area contributed by atoms with Crippen molar-refractivity contribution in [1.82, 2.24) is 10.6 Å². The van der Waals surface area contributed by atoms with Gasteiger partial charge in [-0.15, -0.1) is 0 Å².